The highest BCUT2D eigenvalue weighted by Crippen LogP contribution is 2.33. The average Bonchev–Trinajstić information content (AvgIpc) is 2.44. The van der Waals surface area contributed by atoms with Crippen LogP contribution in [0.25, 0.3) is 0 Å². The Morgan fingerprint density at radius 2 is 2.05 bits per heavy atom. The van der Waals surface area contributed by atoms with Gasteiger partial charge in [-0.05, 0) is 30.9 Å². The van der Waals surface area contributed by atoms with E-state index in [1.165, 1.54) is 0 Å². The van der Waals surface area contributed by atoms with E-state index in [0.717, 1.165) is 19.3 Å². The van der Waals surface area contributed by atoms with Crippen LogP contribution in [0, 0.1) is 11.8 Å². The molecule has 1 N–H and O–H groups in total. The minimum atomic E-state index is -1.12. The SMILES string of the molecule is CCCC(CC)C1=Nc2ccccc2C(=O)C1C(=O)O. The molecule has 2 rings (SSSR count). The monoisotopic (exact) mass is 273 g/mol. The van der Waals surface area contributed by atoms with Crippen LogP contribution in [0.2, 0.25) is 0 Å². The standard InChI is InChI=1S/C16H19NO3/c1-3-7-10(4-2)14-13(16(19)20)15(18)11-8-5-6-9-12(11)17-14/h5-6,8-10,13H,3-4,7H2,1-2H3,(H,19,20). The third-order valence-corrected chi connectivity index (χ3v) is 3.77. The summed E-state index contributed by atoms with van der Waals surface area (Å²) < 4.78 is 0. The van der Waals surface area contributed by atoms with Crippen LogP contribution in [-0.4, -0.2) is 22.6 Å². The molecule has 2 unspecified atom stereocenters. The molecule has 1 aromatic rings. The number of carbonyl (C=O) groups is 2. The maximum atomic E-state index is 12.4. The second-order valence-corrected chi connectivity index (χ2v) is 5.08. The zero-order valence-corrected chi connectivity index (χ0v) is 11.8. The molecule has 0 bridgehead atoms. The molecule has 0 saturated carbocycles. The van der Waals surface area contributed by atoms with Crippen LogP contribution in [0.1, 0.15) is 43.5 Å². The molecule has 1 heterocycles. The fourth-order valence-corrected chi connectivity index (χ4v) is 2.75. The van der Waals surface area contributed by atoms with Gasteiger partial charge in [-0.15, -0.1) is 0 Å². The van der Waals surface area contributed by atoms with E-state index in [1.54, 1.807) is 18.2 Å². The molecule has 1 aliphatic heterocycles. The summed E-state index contributed by atoms with van der Waals surface area (Å²) in [6.45, 7) is 4.06. The van der Waals surface area contributed by atoms with Crippen LogP contribution in [-0.2, 0) is 4.79 Å². The Morgan fingerprint density at radius 3 is 2.65 bits per heavy atom. The summed E-state index contributed by atoms with van der Waals surface area (Å²) in [5.41, 5.74) is 1.53. The first-order chi connectivity index (χ1) is 9.60. The molecule has 0 spiro atoms. The van der Waals surface area contributed by atoms with Crippen LogP contribution in [0.3, 0.4) is 0 Å². The molecule has 20 heavy (non-hydrogen) atoms. The van der Waals surface area contributed by atoms with Crippen LogP contribution < -0.4 is 0 Å². The Bertz CT molecular complexity index is 563. The Kier molecular flexibility index (Phi) is 4.32. The van der Waals surface area contributed by atoms with Crippen molar-refractivity contribution in [2.24, 2.45) is 16.8 Å². The van der Waals surface area contributed by atoms with Gasteiger partial charge in [0.25, 0.3) is 0 Å². The van der Waals surface area contributed by atoms with Gasteiger partial charge in [-0.25, -0.2) is 0 Å². The van der Waals surface area contributed by atoms with E-state index >= 15 is 0 Å². The van der Waals surface area contributed by atoms with Crippen molar-refractivity contribution in [1.82, 2.24) is 0 Å². The highest BCUT2D eigenvalue weighted by atomic mass is 16.4. The highest BCUT2D eigenvalue weighted by Gasteiger charge is 2.39. The van der Waals surface area contributed by atoms with E-state index < -0.39 is 11.9 Å². The van der Waals surface area contributed by atoms with Crippen molar-refractivity contribution in [2.45, 2.75) is 33.1 Å². The van der Waals surface area contributed by atoms with Crippen molar-refractivity contribution >= 4 is 23.2 Å². The number of hydrogen-bond acceptors (Lipinski definition) is 3. The third-order valence-electron chi connectivity index (χ3n) is 3.77. The summed E-state index contributed by atoms with van der Waals surface area (Å²) in [5.74, 6) is -2.51. The van der Waals surface area contributed by atoms with Crippen molar-refractivity contribution in [3.05, 3.63) is 29.8 Å². The molecular formula is C16H19NO3. The first kappa shape index (κ1) is 14.4. The van der Waals surface area contributed by atoms with Crippen LogP contribution in [0.4, 0.5) is 5.69 Å². The molecule has 1 aliphatic rings. The van der Waals surface area contributed by atoms with Crippen molar-refractivity contribution < 1.29 is 14.7 Å². The zero-order valence-electron chi connectivity index (χ0n) is 11.8. The number of aliphatic imine (C=N–C) groups is 1. The van der Waals surface area contributed by atoms with E-state index in [-0.39, 0.29) is 11.7 Å². The van der Waals surface area contributed by atoms with Gasteiger partial charge in [-0.1, -0.05) is 32.4 Å². The zero-order chi connectivity index (χ0) is 14.7. The molecule has 0 amide bonds. The van der Waals surface area contributed by atoms with Gasteiger partial charge in [0.2, 0.25) is 0 Å². The fraction of sp³-hybridized carbons (Fsp3) is 0.438. The minimum absolute atomic E-state index is 0.0541. The summed E-state index contributed by atoms with van der Waals surface area (Å²) in [7, 11) is 0. The maximum absolute atomic E-state index is 12.4. The van der Waals surface area contributed by atoms with Gasteiger partial charge in [0, 0.05) is 11.3 Å². The average molecular weight is 273 g/mol. The molecular weight excluding hydrogens is 254 g/mol. The number of carbonyl (C=O) groups excluding carboxylic acids is 1. The predicted molar refractivity (Wildman–Crippen MR) is 77.7 cm³/mol. The van der Waals surface area contributed by atoms with Crippen molar-refractivity contribution in [3.63, 3.8) is 0 Å². The molecule has 4 nitrogen and oxygen atoms in total. The van der Waals surface area contributed by atoms with Gasteiger partial charge >= 0.3 is 5.97 Å². The van der Waals surface area contributed by atoms with E-state index in [1.807, 2.05) is 13.0 Å². The normalized spacial score (nSPS) is 19.2. The third kappa shape index (κ3) is 2.50. The second-order valence-electron chi connectivity index (χ2n) is 5.08. The number of Topliss-reactive ketones (excluding diaryl/α,β-unsaturated/α-hetero) is 1. The molecule has 0 radical (unpaired) electrons. The van der Waals surface area contributed by atoms with Crippen LogP contribution >= 0.6 is 0 Å². The molecule has 0 fully saturated rings. The summed E-state index contributed by atoms with van der Waals surface area (Å²) in [4.78, 5) is 28.4. The Hall–Kier alpha value is -1.97. The lowest BCUT2D eigenvalue weighted by Crippen LogP contribution is -2.38. The largest absolute Gasteiger partial charge is 0.480 e. The smallest absolute Gasteiger partial charge is 0.320 e. The number of rotatable bonds is 5. The van der Waals surface area contributed by atoms with E-state index in [0.29, 0.717) is 17.0 Å². The number of nitrogens with zero attached hydrogens (tertiary/aromatic N) is 1. The fourth-order valence-electron chi connectivity index (χ4n) is 2.75. The topological polar surface area (TPSA) is 66.7 Å². The van der Waals surface area contributed by atoms with E-state index in [2.05, 4.69) is 11.9 Å². The van der Waals surface area contributed by atoms with Crippen LogP contribution in [0.15, 0.2) is 29.3 Å². The number of carboxylic acid groups (broad SMARTS) is 1. The summed E-state index contributed by atoms with van der Waals surface area (Å²) in [6.07, 6.45) is 2.60. The Balaban J connectivity index is 2.53. The summed E-state index contributed by atoms with van der Waals surface area (Å²) in [6, 6.07) is 6.97. The number of aliphatic carboxylic acids is 1. The highest BCUT2D eigenvalue weighted by molar-refractivity contribution is 6.27. The Morgan fingerprint density at radius 1 is 1.35 bits per heavy atom. The maximum Gasteiger partial charge on any atom is 0.320 e. The minimum Gasteiger partial charge on any atom is -0.480 e. The molecule has 0 aromatic heterocycles. The molecule has 4 heteroatoms. The second kappa shape index (κ2) is 5.99. The van der Waals surface area contributed by atoms with Gasteiger partial charge in [-0.2, -0.15) is 0 Å². The number of fused-ring (bicyclic) bond motifs is 1. The van der Waals surface area contributed by atoms with Crippen molar-refractivity contribution in [2.75, 3.05) is 0 Å². The van der Waals surface area contributed by atoms with Crippen molar-refractivity contribution in [1.29, 1.82) is 0 Å². The summed E-state index contributed by atoms with van der Waals surface area (Å²) >= 11 is 0. The first-order valence-corrected chi connectivity index (χ1v) is 7.04. The lowest BCUT2D eigenvalue weighted by molar-refractivity contribution is -0.138. The van der Waals surface area contributed by atoms with Gasteiger partial charge < -0.3 is 5.11 Å². The lowest BCUT2D eigenvalue weighted by Gasteiger charge is -2.26. The lowest BCUT2D eigenvalue weighted by atomic mass is 9.80. The molecule has 1 aromatic carbocycles. The van der Waals surface area contributed by atoms with Crippen molar-refractivity contribution in [3.8, 4) is 0 Å². The Labute approximate surface area is 118 Å². The number of para-hydroxylation sites is 1. The van der Waals surface area contributed by atoms with E-state index in [4.69, 9.17) is 0 Å². The summed E-state index contributed by atoms with van der Waals surface area (Å²) in [5, 5.41) is 9.42. The van der Waals surface area contributed by atoms with Gasteiger partial charge in [0.05, 0.1) is 5.69 Å². The molecule has 0 aliphatic carbocycles. The number of carboxylic acids is 1. The first-order valence-electron chi connectivity index (χ1n) is 7.04. The quantitative estimate of drug-likeness (QED) is 0.835. The molecule has 0 saturated heterocycles. The number of ketones is 1. The van der Waals surface area contributed by atoms with Gasteiger partial charge in [-0.3, -0.25) is 14.6 Å². The van der Waals surface area contributed by atoms with E-state index in [9.17, 15) is 14.7 Å². The van der Waals surface area contributed by atoms with Gasteiger partial charge in [0.1, 0.15) is 0 Å². The van der Waals surface area contributed by atoms with Gasteiger partial charge in [0.15, 0.2) is 11.7 Å². The molecule has 106 valence electrons. The predicted octanol–water partition coefficient (Wildman–Crippen LogP) is 3.48. The number of hydrogen-bond donors (Lipinski definition) is 1. The van der Waals surface area contributed by atoms with Crippen LogP contribution in [0.5, 0.6) is 0 Å². The molecule has 2 atom stereocenters. The number of benzene rings is 1.